The van der Waals surface area contributed by atoms with Crippen LogP contribution in [0, 0.1) is 0 Å². The van der Waals surface area contributed by atoms with E-state index >= 15 is 0 Å². The van der Waals surface area contributed by atoms with Crippen molar-refractivity contribution in [3.8, 4) is 0 Å². The van der Waals surface area contributed by atoms with E-state index < -0.39 is 0 Å². The van der Waals surface area contributed by atoms with E-state index in [1.165, 1.54) is 11.5 Å². The zero-order valence-corrected chi connectivity index (χ0v) is 8.60. The summed E-state index contributed by atoms with van der Waals surface area (Å²) in [4.78, 5) is 17.8. The summed E-state index contributed by atoms with van der Waals surface area (Å²) in [7, 11) is 0.586. The lowest BCUT2D eigenvalue weighted by Gasteiger charge is -1.92. The number of fused-ring (bicyclic) bond motifs is 1. The standard InChI is InChI=1S/C6H7N4OPS/c1-12-5-3-2(10-13-5)4(11)9-6(7)8-3/h12H,1H3,(H3,7,8,9,11). The molecule has 2 aromatic heterocycles. The van der Waals surface area contributed by atoms with Gasteiger partial charge in [0.25, 0.3) is 5.56 Å². The molecule has 1 atom stereocenters. The zero-order chi connectivity index (χ0) is 9.42. The molecular weight excluding hydrogens is 207 g/mol. The summed E-state index contributed by atoms with van der Waals surface area (Å²) in [5.74, 6) is 0.150. The molecule has 0 amide bonds. The smallest absolute Gasteiger partial charge is 0.279 e. The van der Waals surface area contributed by atoms with Gasteiger partial charge in [-0.3, -0.25) is 9.78 Å². The highest BCUT2D eigenvalue weighted by molar-refractivity contribution is 7.56. The second kappa shape index (κ2) is 3.05. The maximum atomic E-state index is 11.3. The highest BCUT2D eigenvalue weighted by Crippen LogP contribution is 2.15. The molecule has 0 aliphatic heterocycles. The summed E-state index contributed by atoms with van der Waals surface area (Å²) in [6, 6.07) is 0. The van der Waals surface area contributed by atoms with Crippen molar-refractivity contribution in [2.24, 2.45) is 0 Å². The van der Waals surface area contributed by atoms with Crippen LogP contribution in [0.4, 0.5) is 5.95 Å². The fraction of sp³-hybridized carbons (Fsp3) is 0.167. The van der Waals surface area contributed by atoms with Crippen molar-refractivity contribution >= 4 is 41.7 Å². The Kier molecular flexibility index (Phi) is 2.01. The molecule has 2 heterocycles. The van der Waals surface area contributed by atoms with Crippen LogP contribution in [0.5, 0.6) is 0 Å². The summed E-state index contributed by atoms with van der Waals surface area (Å²) < 4.78 is 5.04. The molecule has 3 N–H and O–H groups in total. The van der Waals surface area contributed by atoms with Crippen LogP contribution in [0.15, 0.2) is 4.79 Å². The Morgan fingerprint density at radius 1 is 1.54 bits per heavy atom. The summed E-state index contributed by atoms with van der Waals surface area (Å²) >= 11 is 1.31. The van der Waals surface area contributed by atoms with Crippen molar-refractivity contribution < 1.29 is 0 Å². The van der Waals surface area contributed by atoms with E-state index in [2.05, 4.69) is 14.3 Å². The molecule has 0 aliphatic rings. The zero-order valence-electron chi connectivity index (χ0n) is 6.79. The summed E-state index contributed by atoms with van der Waals surface area (Å²) in [6.45, 7) is 2.02. The third kappa shape index (κ3) is 1.32. The maximum absolute atomic E-state index is 11.3. The van der Waals surface area contributed by atoms with Crippen molar-refractivity contribution in [3.05, 3.63) is 10.4 Å². The van der Waals surface area contributed by atoms with Crippen molar-refractivity contribution in [1.82, 2.24) is 14.3 Å². The Morgan fingerprint density at radius 3 is 3.00 bits per heavy atom. The van der Waals surface area contributed by atoms with E-state index in [0.29, 0.717) is 19.6 Å². The van der Waals surface area contributed by atoms with Gasteiger partial charge in [0.2, 0.25) is 5.95 Å². The molecule has 0 fully saturated rings. The minimum absolute atomic E-state index is 0.150. The molecule has 68 valence electrons. The molecule has 0 spiro atoms. The number of aromatic nitrogens is 3. The summed E-state index contributed by atoms with van der Waals surface area (Å²) in [6.07, 6.45) is 0. The number of nitrogens with zero attached hydrogens (tertiary/aromatic N) is 2. The predicted octanol–water partition coefficient (Wildman–Crippen LogP) is -0.105. The van der Waals surface area contributed by atoms with Crippen LogP contribution in [0.1, 0.15) is 0 Å². The summed E-state index contributed by atoms with van der Waals surface area (Å²) in [5, 5.41) is 0. The molecule has 2 aromatic rings. The molecule has 7 heteroatoms. The lowest BCUT2D eigenvalue weighted by Crippen LogP contribution is -2.12. The Balaban J connectivity index is 2.90. The second-order valence-electron chi connectivity index (χ2n) is 2.41. The molecule has 0 radical (unpaired) electrons. The predicted molar refractivity (Wildman–Crippen MR) is 56.3 cm³/mol. The SMILES string of the molecule is CPc1snc2c(=O)[nH]c(N)nc12. The van der Waals surface area contributed by atoms with E-state index in [-0.39, 0.29) is 11.5 Å². The Labute approximate surface area is 79.3 Å². The minimum Gasteiger partial charge on any atom is -0.369 e. The Morgan fingerprint density at radius 2 is 2.31 bits per heavy atom. The van der Waals surface area contributed by atoms with E-state index in [1.807, 2.05) is 6.66 Å². The van der Waals surface area contributed by atoms with Crippen molar-refractivity contribution in [2.75, 3.05) is 12.4 Å². The van der Waals surface area contributed by atoms with Gasteiger partial charge >= 0.3 is 0 Å². The Bertz CT molecular complexity index is 505. The molecule has 1 unspecified atom stereocenters. The number of rotatable bonds is 1. The summed E-state index contributed by atoms with van der Waals surface area (Å²) in [5.41, 5.74) is 6.20. The van der Waals surface area contributed by atoms with Gasteiger partial charge in [-0.2, -0.15) is 4.37 Å². The molecule has 13 heavy (non-hydrogen) atoms. The molecule has 0 bridgehead atoms. The van der Waals surface area contributed by atoms with Crippen LogP contribution < -0.4 is 15.9 Å². The number of nitrogens with two attached hydrogens (primary N) is 1. The van der Waals surface area contributed by atoms with Gasteiger partial charge in [-0.25, -0.2) is 4.98 Å². The molecule has 5 nitrogen and oxygen atoms in total. The second-order valence-corrected chi connectivity index (χ2v) is 4.55. The first-order valence-electron chi connectivity index (χ1n) is 3.55. The normalized spacial score (nSPS) is 11.8. The number of anilines is 1. The van der Waals surface area contributed by atoms with Gasteiger partial charge in [-0.05, 0) is 18.2 Å². The van der Waals surface area contributed by atoms with Crippen LogP contribution in [-0.4, -0.2) is 21.0 Å². The van der Waals surface area contributed by atoms with E-state index in [1.54, 1.807) is 0 Å². The van der Waals surface area contributed by atoms with Gasteiger partial charge in [-0.1, -0.05) is 8.58 Å². The first kappa shape index (κ1) is 8.59. The topological polar surface area (TPSA) is 84.7 Å². The van der Waals surface area contributed by atoms with Gasteiger partial charge in [0.1, 0.15) is 5.52 Å². The average Bonchev–Trinajstić information content (AvgIpc) is 2.47. The lowest BCUT2D eigenvalue weighted by molar-refractivity contribution is 1.18. The van der Waals surface area contributed by atoms with E-state index in [0.717, 1.165) is 4.62 Å². The number of hydrogen-bond acceptors (Lipinski definition) is 5. The fourth-order valence-electron chi connectivity index (χ4n) is 1.03. The first-order chi connectivity index (χ1) is 6.22. The van der Waals surface area contributed by atoms with Gasteiger partial charge in [0, 0.05) is 0 Å². The highest BCUT2D eigenvalue weighted by Gasteiger charge is 2.09. The van der Waals surface area contributed by atoms with Crippen LogP contribution in [0.25, 0.3) is 11.0 Å². The van der Waals surface area contributed by atoms with Crippen LogP contribution in [0.2, 0.25) is 0 Å². The number of H-pyrrole nitrogens is 1. The van der Waals surface area contributed by atoms with Gasteiger partial charge in [-0.15, -0.1) is 0 Å². The van der Waals surface area contributed by atoms with E-state index in [9.17, 15) is 4.79 Å². The molecule has 0 saturated carbocycles. The first-order valence-corrected chi connectivity index (χ1v) is 5.82. The van der Waals surface area contributed by atoms with Crippen LogP contribution >= 0.6 is 20.1 Å². The van der Waals surface area contributed by atoms with Crippen LogP contribution in [-0.2, 0) is 0 Å². The largest absolute Gasteiger partial charge is 0.369 e. The molecular formula is C6H7N4OPS. The molecule has 0 saturated heterocycles. The number of nitrogen functional groups attached to an aromatic ring is 1. The Hall–Kier alpha value is -1.00. The fourth-order valence-corrected chi connectivity index (χ4v) is 2.52. The third-order valence-electron chi connectivity index (χ3n) is 1.58. The van der Waals surface area contributed by atoms with Crippen molar-refractivity contribution in [2.45, 2.75) is 0 Å². The van der Waals surface area contributed by atoms with Crippen LogP contribution in [0.3, 0.4) is 0 Å². The highest BCUT2D eigenvalue weighted by atomic mass is 32.1. The number of hydrogen-bond donors (Lipinski definition) is 2. The molecule has 0 aromatic carbocycles. The van der Waals surface area contributed by atoms with Gasteiger partial charge in [0.05, 0.1) is 4.62 Å². The average molecular weight is 214 g/mol. The minimum atomic E-state index is -0.261. The monoisotopic (exact) mass is 214 g/mol. The molecule has 2 rings (SSSR count). The van der Waals surface area contributed by atoms with Crippen molar-refractivity contribution in [3.63, 3.8) is 0 Å². The number of aromatic amines is 1. The van der Waals surface area contributed by atoms with Gasteiger partial charge < -0.3 is 5.73 Å². The van der Waals surface area contributed by atoms with E-state index in [4.69, 9.17) is 5.73 Å². The quantitative estimate of drug-likeness (QED) is 0.649. The number of nitrogens with one attached hydrogen (secondary N) is 1. The third-order valence-corrected chi connectivity index (χ3v) is 3.81. The van der Waals surface area contributed by atoms with Gasteiger partial charge in [0.15, 0.2) is 5.52 Å². The lowest BCUT2D eigenvalue weighted by atomic mass is 10.5. The molecule has 0 aliphatic carbocycles. The maximum Gasteiger partial charge on any atom is 0.279 e. The van der Waals surface area contributed by atoms with Crippen molar-refractivity contribution in [1.29, 1.82) is 0 Å².